The van der Waals surface area contributed by atoms with Crippen LogP contribution in [-0.2, 0) is 16.0 Å². The van der Waals surface area contributed by atoms with Crippen molar-refractivity contribution in [3.63, 3.8) is 0 Å². The first kappa shape index (κ1) is 22.1. The number of benzene rings is 2. The summed E-state index contributed by atoms with van der Waals surface area (Å²) in [5.74, 6) is -0.856. The van der Waals surface area contributed by atoms with Crippen molar-refractivity contribution in [1.82, 2.24) is 0 Å². The van der Waals surface area contributed by atoms with Crippen LogP contribution in [0.25, 0.3) is 6.08 Å². The molecule has 29 heavy (non-hydrogen) atoms. The first-order valence-corrected chi connectivity index (χ1v) is 9.43. The molecule has 2 rings (SSSR count). The van der Waals surface area contributed by atoms with Crippen LogP contribution in [-0.4, -0.2) is 26.0 Å². The molecular formula is C23H25FO5. The molecule has 0 aliphatic heterocycles. The number of hydrogen-bond acceptors (Lipinski definition) is 5. The highest BCUT2D eigenvalue weighted by Crippen LogP contribution is 2.35. The summed E-state index contributed by atoms with van der Waals surface area (Å²) >= 11 is 0. The van der Waals surface area contributed by atoms with Gasteiger partial charge in [-0.25, -0.2) is 9.18 Å². The molecule has 2 aromatic carbocycles. The third kappa shape index (κ3) is 5.44. The van der Waals surface area contributed by atoms with Gasteiger partial charge in [-0.15, -0.1) is 0 Å². The number of ether oxygens (including phenoxy) is 3. The highest BCUT2D eigenvalue weighted by Gasteiger charge is 2.27. The molecule has 0 fully saturated rings. The molecule has 0 saturated carbocycles. The third-order valence-electron chi connectivity index (χ3n) is 4.33. The van der Waals surface area contributed by atoms with Gasteiger partial charge in [-0.2, -0.15) is 0 Å². The molecule has 0 bridgehead atoms. The Morgan fingerprint density at radius 3 is 2.55 bits per heavy atom. The normalized spacial score (nSPS) is 10.8. The van der Waals surface area contributed by atoms with Gasteiger partial charge in [-0.05, 0) is 31.6 Å². The molecule has 6 heteroatoms. The van der Waals surface area contributed by atoms with Crippen LogP contribution in [0.5, 0.6) is 11.5 Å². The number of hydrogen-bond donors (Lipinski definition) is 0. The average molecular weight is 400 g/mol. The molecule has 0 aliphatic carbocycles. The first-order chi connectivity index (χ1) is 14.0. The molecule has 0 saturated heterocycles. The molecule has 0 aliphatic rings. The lowest BCUT2D eigenvalue weighted by atomic mass is 9.94. The Hall–Kier alpha value is -3.15. The Morgan fingerprint density at radius 1 is 1.21 bits per heavy atom. The van der Waals surface area contributed by atoms with E-state index in [0.717, 1.165) is 12.8 Å². The van der Waals surface area contributed by atoms with Gasteiger partial charge in [0, 0.05) is 23.1 Å². The van der Waals surface area contributed by atoms with Crippen LogP contribution in [0.15, 0.2) is 36.6 Å². The second-order valence-electron chi connectivity index (χ2n) is 6.35. The molecule has 0 unspecified atom stereocenters. The standard InChI is InChI=1S/C23H25FO5/c1-4-5-14-28-22-19(12-15-27-3)18(11-13-25)21(24)16(2)20(22)23(26)29-17-9-7-6-8-10-17/h6-10,12-13,15H,4-5,11,14H2,1-3H3. The van der Waals surface area contributed by atoms with Gasteiger partial charge in [-0.3, -0.25) is 0 Å². The summed E-state index contributed by atoms with van der Waals surface area (Å²) in [6.07, 6.45) is 4.92. The van der Waals surface area contributed by atoms with Crippen LogP contribution >= 0.6 is 0 Å². The van der Waals surface area contributed by atoms with Crippen molar-refractivity contribution in [2.75, 3.05) is 13.7 Å². The zero-order valence-electron chi connectivity index (χ0n) is 16.9. The predicted molar refractivity (Wildman–Crippen MR) is 109 cm³/mol. The van der Waals surface area contributed by atoms with Crippen molar-refractivity contribution in [2.24, 2.45) is 0 Å². The molecule has 0 amide bonds. The molecule has 0 spiro atoms. The molecule has 0 aromatic heterocycles. The third-order valence-corrected chi connectivity index (χ3v) is 4.33. The van der Waals surface area contributed by atoms with Crippen molar-refractivity contribution in [3.05, 3.63) is 64.7 Å². The SMILES string of the molecule is CCCCOc1c(C=COC)c(CC=O)c(F)c(C)c1C(=O)Oc1ccccc1. The fourth-order valence-corrected chi connectivity index (χ4v) is 2.85. The number of methoxy groups -OCH3 is 1. The van der Waals surface area contributed by atoms with Crippen molar-refractivity contribution in [1.29, 1.82) is 0 Å². The minimum atomic E-state index is -0.733. The van der Waals surface area contributed by atoms with E-state index in [-0.39, 0.29) is 34.4 Å². The zero-order chi connectivity index (χ0) is 21.2. The van der Waals surface area contributed by atoms with Crippen LogP contribution in [0.1, 0.15) is 46.8 Å². The summed E-state index contributed by atoms with van der Waals surface area (Å²) in [5, 5.41) is 0. The van der Waals surface area contributed by atoms with E-state index in [1.807, 2.05) is 6.92 Å². The number of aldehydes is 1. The minimum absolute atomic E-state index is 0.00661. The largest absolute Gasteiger partial charge is 0.504 e. The van der Waals surface area contributed by atoms with Gasteiger partial charge >= 0.3 is 5.97 Å². The molecule has 0 heterocycles. The van der Waals surface area contributed by atoms with Crippen molar-refractivity contribution < 1.29 is 28.2 Å². The van der Waals surface area contributed by atoms with Gasteiger partial charge in [0.15, 0.2) is 0 Å². The lowest BCUT2D eigenvalue weighted by Gasteiger charge is -2.19. The Labute approximate surface area is 170 Å². The van der Waals surface area contributed by atoms with Crippen LogP contribution < -0.4 is 9.47 Å². The van der Waals surface area contributed by atoms with Gasteiger partial charge in [0.25, 0.3) is 0 Å². The molecule has 5 nitrogen and oxygen atoms in total. The van der Waals surface area contributed by atoms with Gasteiger partial charge in [0.05, 0.1) is 20.0 Å². The topological polar surface area (TPSA) is 61.8 Å². The monoisotopic (exact) mass is 400 g/mol. The number of esters is 1. The summed E-state index contributed by atoms with van der Waals surface area (Å²) < 4.78 is 31.4. The Bertz CT molecular complexity index is 875. The van der Waals surface area contributed by atoms with Crippen LogP contribution in [0.4, 0.5) is 4.39 Å². The molecular weight excluding hydrogens is 375 g/mol. The van der Waals surface area contributed by atoms with Crippen molar-refractivity contribution >= 4 is 18.3 Å². The van der Waals surface area contributed by atoms with E-state index < -0.39 is 11.8 Å². The number of rotatable bonds is 10. The maximum Gasteiger partial charge on any atom is 0.347 e. The molecule has 0 N–H and O–H groups in total. The molecule has 0 atom stereocenters. The average Bonchev–Trinajstić information content (AvgIpc) is 2.72. The first-order valence-electron chi connectivity index (χ1n) is 9.43. The quantitative estimate of drug-likeness (QED) is 0.187. The highest BCUT2D eigenvalue weighted by molar-refractivity contribution is 5.97. The predicted octanol–water partition coefficient (Wildman–Crippen LogP) is 4.89. The van der Waals surface area contributed by atoms with E-state index in [4.69, 9.17) is 14.2 Å². The summed E-state index contributed by atoms with van der Waals surface area (Å²) in [5.41, 5.74) is 0.503. The summed E-state index contributed by atoms with van der Waals surface area (Å²) in [6, 6.07) is 8.52. The van der Waals surface area contributed by atoms with Crippen LogP contribution in [0.3, 0.4) is 0 Å². The molecule has 154 valence electrons. The molecule has 0 radical (unpaired) electrons. The summed E-state index contributed by atoms with van der Waals surface area (Å²) in [6.45, 7) is 3.82. The highest BCUT2D eigenvalue weighted by atomic mass is 19.1. The van der Waals surface area contributed by atoms with Crippen LogP contribution in [0.2, 0.25) is 0 Å². The lowest BCUT2D eigenvalue weighted by molar-refractivity contribution is -0.107. The number of carbonyl (C=O) groups excluding carboxylic acids is 2. The maximum absolute atomic E-state index is 15.1. The second-order valence-corrected chi connectivity index (χ2v) is 6.35. The fourth-order valence-electron chi connectivity index (χ4n) is 2.85. The Balaban J connectivity index is 2.65. The van der Waals surface area contributed by atoms with E-state index in [0.29, 0.717) is 18.6 Å². The molecule has 2 aromatic rings. The van der Waals surface area contributed by atoms with E-state index in [2.05, 4.69) is 0 Å². The van der Waals surface area contributed by atoms with Crippen LogP contribution in [0, 0.1) is 12.7 Å². The Morgan fingerprint density at radius 2 is 1.93 bits per heavy atom. The summed E-state index contributed by atoms with van der Waals surface area (Å²) in [4.78, 5) is 24.1. The van der Waals surface area contributed by atoms with Gasteiger partial charge in [0.2, 0.25) is 0 Å². The smallest absolute Gasteiger partial charge is 0.347 e. The number of halogens is 1. The van der Waals surface area contributed by atoms with E-state index in [9.17, 15) is 9.59 Å². The van der Waals surface area contributed by atoms with E-state index >= 15 is 4.39 Å². The van der Waals surface area contributed by atoms with Crippen molar-refractivity contribution in [2.45, 2.75) is 33.1 Å². The van der Waals surface area contributed by atoms with Gasteiger partial charge in [0.1, 0.15) is 29.2 Å². The summed E-state index contributed by atoms with van der Waals surface area (Å²) in [7, 11) is 1.45. The lowest BCUT2D eigenvalue weighted by Crippen LogP contribution is -2.17. The maximum atomic E-state index is 15.1. The minimum Gasteiger partial charge on any atom is -0.504 e. The van der Waals surface area contributed by atoms with Crippen molar-refractivity contribution in [3.8, 4) is 11.5 Å². The van der Waals surface area contributed by atoms with E-state index in [1.54, 1.807) is 30.3 Å². The van der Waals surface area contributed by atoms with E-state index in [1.165, 1.54) is 26.4 Å². The number of para-hydroxylation sites is 1. The fraction of sp³-hybridized carbons (Fsp3) is 0.304. The van der Waals surface area contributed by atoms with Gasteiger partial charge in [-0.1, -0.05) is 31.5 Å². The zero-order valence-corrected chi connectivity index (χ0v) is 16.9. The van der Waals surface area contributed by atoms with Gasteiger partial charge < -0.3 is 19.0 Å². The number of unbranched alkanes of at least 4 members (excludes halogenated alkanes) is 1. The second kappa shape index (κ2) is 11.0. The number of carbonyl (C=O) groups is 2. The Kier molecular flexibility index (Phi) is 8.40.